The van der Waals surface area contributed by atoms with Crippen LogP contribution in [0.1, 0.15) is 17.3 Å². The minimum absolute atomic E-state index is 0.339. The number of esters is 1. The van der Waals surface area contributed by atoms with Crippen LogP contribution in [0.25, 0.3) is 0 Å². The highest BCUT2D eigenvalue weighted by atomic mass is 79.9. The summed E-state index contributed by atoms with van der Waals surface area (Å²) in [6.45, 7) is 1.61. The molecule has 1 atom stereocenters. The maximum absolute atomic E-state index is 12.4. The molecule has 1 aromatic carbocycles. The monoisotopic (exact) mass is 345 g/mol. The summed E-state index contributed by atoms with van der Waals surface area (Å²) in [5.74, 6) is -2.05. The van der Waals surface area contributed by atoms with Crippen LogP contribution in [0.4, 0.5) is 0 Å². The van der Waals surface area contributed by atoms with Crippen molar-refractivity contribution in [2.24, 2.45) is 10.9 Å². The van der Waals surface area contributed by atoms with E-state index in [2.05, 4.69) is 25.7 Å². The lowest BCUT2D eigenvalue weighted by Crippen LogP contribution is -2.31. The van der Waals surface area contributed by atoms with Crippen molar-refractivity contribution in [2.75, 3.05) is 14.2 Å². The van der Waals surface area contributed by atoms with Gasteiger partial charge >= 0.3 is 5.97 Å². The van der Waals surface area contributed by atoms with Crippen LogP contribution in [0.2, 0.25) is 5.02 Å². The average Bonchev–Trinajstić information content (AvgIpc) is 2.41. The zero-order valence-corrected chi connectivity index (χ0v) is 13.1. The Bertz CT molecular complexity index is 543. The van der Waals surface area contributed by atoms with Crippen LogP contribution in [-0.4, -0.2) is 31.6 Å². The highest BCUT2D eigenvalue weighted by molar-refractivity contribution is 9.10. The molecule has 0 spiro atoms. The van der Waals surface area contributed by atoms with E-state index in [0.717, 1.165) is 0 Å². The second-order valence-corrected chi connectivity index (χ2v) is 5.08. The Morgan fingerprint density at radius 1 is 1.42 bits per heavy atom. The van der Waals surface area contributed by atoms with Crippen molar-refractivity contribution in [3.8, 4) is 0 Å². The predicted molar refractivity (Wildman–Crippen MR) is 78.0 cm³/mol. The maximum Gasteiger partial charge on any atom is 0.322 e. The van der Waals surface area contributed by atoms with Crippen molar-refractivity contribution >= 4 is 45.0 Å². The largest absolute Gasteiger partial charge is 0.468 e. The summed E-state index contributed by atoms with van der Waals surface area (Å²) >= 11 is 9.19. The molecule has 0 heterocycles. The molecule has 0 amide bonds. The van der Waals surface area contributed by atoms with E-state index in [0.29, 0.717) is 20.8 Å². The SMILES string of the molecule is CN=C(C)C(C(=O)OC)C(=O)c1ccc(Br)c(Cl)c1. The summed E-state index contributed by atoms with van der Waals surface area (Å²) in [7, 11) is 2.76. The van der Waals surface area contributed by atoms with Gasteiger partial charge < -0.3 is 4.74 Å². The fraction of sp³-hybridized carbons (Fsp3) is 0.308. The Morgan fingerprint density at radius 3 is 2.53 bits per heavy atom. The second-order valence-electron chi connectivity index (χ2n) is 3.81. The zero-order valence-electron chi connectivity index (χ0n) is 10.7. The van der Waals surface area contributed by atoms with Gasteiger partial charge in [-0.05, 0) is 35.0 Å². The van der Waals surface area contributed by atoms with Gasteiger partial charge in [0.2, 0.25) is 0 Å². The molecule has 0 saturated heterocycles. The van der Waals surface area contributed by atoms with E-state index in [-0.39, 0.29) is 5.78 Å². The van der Waals surface area contributed by atoms with E-state index in [1.54, 1.807) is 19.1 Å². The Hall–Kier alpha value is -1.20. The first kappa shape index (κ1) is 15.9. The summed E-state index contributed by atoms with van der Waals surface area (Å²) in [6, 6.07) is 4.76. The topological polar surface area (TPSA) is 55.7 Å². The number of Topliss-reactive ketones (excluding diaryl/α,β-unsaturated/α-hetero) is 1. The Kier molecular flexibility index (Phi) is 5.69. The molecule has 19 heavy (non-hydrogen) atoms. The lowest BCUT2D eigenvalue weighted by atomic mass is 9.94. The predicted octanol–water partition coefficient (Wildman–Crippen LogP) is 3.17. The Labute approximate surface area is 124 Å². The Balaban J connectivity index is 3.19. The van der Waals surface area contributed by atoms with Crippen LogP contribution in [0.5, 0.6) is 0 Å². The van der Waals surface area contributed by atoms with Crippen molar-refractivity contribution in [3.63, 3.8) is 0 Å². The average molecular weight is 347 g/mol. The van der Waals surface area contributed by atoms with Gasteiger partial charge in [0.05, 0.1) is 12.1 Å². The summed E-state index contributed by atoms with van der Waals surface area (Å²) in [5, 5.41) is 0.403. The number of aliphatic imine (C=N–C) groups is 1. The number of nitrogens with zero attached hydrogens (tertiary/aromatic N) is 1. The smallest absolute Gasteiger partial charge is 0.322 e. The molecule has 0 N–H and O–H groups in total. The quantitative estimate of drug-likeness (QED) is 0.364. The number of benzene rings is 1. The molecule has 1 rings (SSSR count). The van der Waals surface area contributed by atoms with Crippen molar-refractivity contribution in [2.45, 2.75) is 6.92 Å². The highest BCUT2D eigenvalue weighted by Crippen LogP contribution is 2.25. The molecule has 4 nitrogen and oxygen atoms in total. The summed E-state index contributed by atoms with van der Waals surface area (Å²) in [5.41, 5.74) is 0.738. The molecule has 0 bridgehead atoms. The number of ketones is 1. The third kappa shape index (κ3) is 3.64. The van der Waals surface area contributed by atoms with Gasteiger partial charge in [0.15, 0.2) is 11.7 Å². The Morgan fingerprint density at radius 2 is 2.05 bits per heavy atom. The van der Waals surface area contributed by atoms with Gasteiger partial charge in [-0.25, -0.2) is 0 Å². The third-order valence-electron chi connectivity index (χ3n) is 2.67. The summed E-state index contributed by atoms with van der Waals surface area (Å²) in [6.07, 6.45) is 0. The molecule has 0 fully saturated rings. The molecule has 1 aromatic rings. The number of carbonyl (C=O) groups excluding carboxylic acids is 2. The van der Waals surface area contributed by atoms with Gasteiger partial charge in [-0.2, -0.15) is 0 Å². The minimum Gasteiger partial charge on any atom is -0.468 e. The van der Waals surface area contributed by atoms with Crippen LogP contribution in [0.3, 0.4) is 0 Å². The van der Waals surface area contributed by atoms with Crippen LogP contribution < -0.4 is 0 Å². The van der Waals surface area contributed by atoms with Crippen molar-refractivity contribution in [1.82, 2.24) is 0 Å². The molecule has 0 aromatic heterocycles. The van der Waals surface area contributed by atoms with Crippen LogP contribution >= 0.6 is 27.5 Å². The molecule has 0 saturated carbocycles. The molecular formula is C13H13BrClNO3. The standard InChI is InChI=1S/C13H13BrClNO3/c1-7(16-2)11(13(18)19-3)12(17)8-4-5-9(14)10(15)6-8/h4-6,11H,1-3H3. The number of methoxy groups -OCH3 is 1. The van der Waals surface area contributed by atoms with Gasteiger partial charge in [0.1, 0.15) is 0 Å². The molecule has 1 unspecified atom stereocenters. The van der Waals surface area contributed by atoms with E-state index >= 15 is 0 Å². The van der Waals surface area contributed by atoms with Gasteiger partial charge in [0.25, 0.3) is 0 Å². The van der Waals surface area contributed by atoms with E-state index < -0.39 is 11.9 Å². The van der Waals surface area contributed by atoms with E-state index in [9.17, 15) is 9.59 Å². The van der Waals surface area contributed by atoms with Crippen LogP contribution in [0.15, 0.2) is 27.7 Å². The number of rotatable bonds is 4. The van der Waals surface area contributed by atoms with E-state index in [1.807, 2.05) is 0 Å². The fourth-order valence-corrected chi connectivity index (χ4v) is 1.96. The summed E-state index contributed by atoms with van der Waals surface area (Å²) in [4.78, 5) is 28.0. The lowest BCUT2D eigenvalue weighted by Gasteiger charge is -2.13. The molecule has 0 aliphatic rings. The van der Waals surface area contributed by atoms with Crippen molar-refractivity contribution in [1.29, 1.82) is 0 Å². The summed E-state index contributed by atoms with van der Waals surface area (Å²) < 4.78 is 5.33. The molecule has 102 valence electrons. The first-order valence-corrected chi connectivity index (χ1v) is 6.59. The molecule has 0 aliphatic heterocycles. The van der Waals surface area contributed by atoms with Crippen LogP contribution in [-0.2, 0) is 9.53 Å². The third-order valence-corrected chi connectivity index (χ3v) is 3.91. The van der Waals surface area contributed by atoms with E-state index in [4.69, 9.17) is 11.6 Å². The van der Waals surface area contributed by atoms with Gasteiger partial charge in [-0.3, -0.25) is 14.6 Å². The molecule has 6 heteroatoms. The normalized spacial score (nSPS) is 13.0. The molecule has 0 aliphatic carbocycles. The maximum atomic E-state index is 12.4. The number of halogens is 2. The van der Waals surface area contributed by atoms with Crippen LogP contribution in [0, 0.1) is 5.92 Å². The zero-order chi connectivity index (χ0) is 14.6. The van der Waals surface area contributed by atoms with Gasteiger partial charge in [-0.1, -0.05) is 17.7 Å². The number of ether oxygens (including phenoxy) is 1. The fourth-order valence-electron chi connectivity index (χ4n) is 1.53. The lowest BCUT2D eigenvalue weighted by molar-refractivity contribution is -0.141. The molecule has 0 radical (unpaired) electrons. The van der Waals surface area contributed by atoms with Crippen molar-refractivity contribution in [3.05, 3.63) is 33.3 Å². The number of hydrogen-bond acceptors (Lipinski definition) is 4. The first-order valence-electron chi connectivity index (χ1n) is 5.42. The second kappa shape index (κ2) is 6.82. The van der Waals surface area contributed by atoms with E-state index in [1.165, 1.54) is 20.2 Å². The highest BCUT2D eigenvalue weighted by Gasteiger charge is 2.31. The number of carbonyl (C=O) groups is 2. The van der Waals surface area contributed by atoms with Gasteiger partial charge in [0, 0.05) is 22.8 Å². The van der Waals surface area contributed by atoms with Gasteiger partial charge in [-0.15, -0.1) is 0 Å². The first-order chi connectivity index (χ1) is 8.92. The molecular weight excluding hydrogens is 334 g/mol. The van der Waals surface area contributed by atoms with Crippen molar-refractivity contribution < 1.29 is 14.3 Å². The number of hydrogen-bond donors (Lipinski definition) is 0. The minimum atomic E-state index is -1.03.